The first kappa shape index (κ1) is 14.8. The van der Waals surface area contributed by atoms with Crippen LogP contribution in [-0.2, 0) is 6.18 Å². The maximum atomic E-state index is 13.6. The van der Waals surface area contributed by atoms with E-state index in [4.69, 9.17) is 10.8 Å². The molecule has 8 heteroatoms. The Bertz CT molecular complexity index is 441. The van der Waals surface area contributed by atoms with Crippen LogP contribution < -0.4 is 5.73 Å². The van der Waals surface area contributed by atoms with Crippen LogP contribution in [0.2, 0.25) is 0 Å². The van der Waals surface area contributed by atoms with Gasteiger partial charge in [-0.15, -0.1) is 0 Å². The predicted molar refractivity (Wildman–Crippen MR) is 50.1 cm³/mol. The number of halogens is 6. The summed E-state index contributed by atoms with van der Waals surface area (Å²) in [6, 6.07) is -1.64. The number of nitrogens with two attached hydrogens (primary N) is 1. The Hall–Kier alpha value is -1.28. The fourth-order valence-electron chi connectivity index (χ4n) is 1.55. The monoisotopic (exact) mass is 273 g/mol. The van der Waals surface area contributed by atoms with Gasteiger partial charge in [0.05, 0.1) is 12.6 Å². The van der Waals surface area contributed by atoms with Crippen LogP contribution in [0.4, 0.5) is 26.3 Å². The summed E-state index contributed by atoms with van der Waals surface area (Å²) < 4.78 is 77.5. The third kappa shape index (κ3) is 2.30. The first-order chi connectivity index (χ1) is 8.12. The smallest absolute Gasteiger partial charge is 0.394 e. The number of rotatable bonds is 2. The van der Waals surface area contributed by atoms with Gasteiger partial charge in [0.25, 0.3) is 0 Å². The third-order valence-electron chi connectivity index (χ3n) is 2.44. The zero-order chi connectivity index (χ0) is 14.2. The SMILES string of the molecule is Cc1c(F)c([C@@H](N)CO)c(F)c(F)c1C(F)(F)F. The van der Waals surface area contributed by atoms with Gasteiger partial charge in [-0.3, -0.25) is 0 Å². The lowest BCUT2D eigenvalue weighted by Gasteiger charge is -2.18. The molecule has 0 bridgehead atoms. The number of aliphatic hydroxyl groups is 1. The van der Waals surface area contributed by atoms with E-state index in [2.05, 4.69) is 0 Å². The van der Waals surface area contributed by atoms with Crippen LogP contribution in [0.3, 0.4) is 0 Å². The van der Waals surface area contributed by atoms with Gasteiger partial charge in [-0.25, -0.2) is 13.2 Å². The molecule has 0 amide bonds. The molecular formula is C10H9F6NO. The second-order valence-electron chi connectivity index (χ2n) is 3.64. The lowest BCUT2D eigenvalue weighted by molar-refractivity contribution is -0.141. The molecule has 102 valence electrons. The molecule has 0 aromatic heterocycles. The fraction of sp³-hybridized carbons (Fsp3) is 0.400. The van der Waals surface area contributed by atoms with Crippen molar-refractivity contribution in [3.63, 3.8) is 0 Å². The normalized spacial score (nSPS) is 13.8. The molecule has 0 spiro atoms. The second kappa shape index (κ2) is 4.77. The van der Waals surface area contributed by atoms with Crippen molar-refractivity contribution < 1.29 is 31.4 Å². The molecule has 1 rings (SSSR count). The van der Waals surface area contributed by atoms with Gasteiger partial charge in [0.15, 0.2) is 11.6 Å². The molecular weight excluding hydrogens is 264 g/mol. The maximum Gasteiger partial charge on any atom is 0.419 e. The Morgan fingerprint density at radius 1 is 1.11 bits per heavy atom. The summed E-state index contributed by atoms with van der Waals surface area (Å²) in [4.78, 5) is 0. The second-order valence-corrected chi connectivity index (χ2v) is 3.64. The van der Waals surface area contributed by atoms with Crippen LogP contribution in [0.1, 0.15) is 22.7 Å². The topological polar surface area (TPSA) is 46.2 Å². The summed E-state index contributed by atoms with van der Waals surface area (Å²) in [6.07, 6.45) is -5.22. The Morgan fingerprint density at radius 3 is 2.00 bits per heavy atom. The number of hydrogen-bond donors (Lipinski definition) is 2. The van der Waals surface area contributed by atoms with Gasteiger partial charge in [0.1, 0.15) is 11.4 Å². The Labute approximate surface area is 98.0 Å². The summed E-state index contributed by atoms with van der Waals surface area (Å²) in [7, 11) is 0. The summed E-state index contributed by atoms with van der Waals surface area (Å²) in [5.74, 6) is -5.87. The average molecular weight is 273 g/mol. The Balaban J connectivity index is 3.67. The van der Waals surface area contributed by atoms with Crippen molar-refractivity contribution in [1.82, 2.24) is 0 Å². The molecule has 1 atom stereocenters. The number of aliphatic hydroxyl groups excluding tert-OH is 1. The molecule has 1 aromatic rings. The van der Waals surface area contributed by atoms with Crippen LogP contribution >= 0.6 is 0 Å². The lowest BCUT2D eigenvalue weighted by atomic mass is 9.98. The van der Waals surface area contributed by atoms with Gasteiger partial charge in [-0.1, -0.05) is 0 Å². The standard InChI is InChI=1S/C10H9F6NO/c1-3-6(10(14,15)16)9(13)8(12)5(7(3)11)4(17)2-18/h4,18H,2,17H2,1H3/t4-/m0/s1. The van der Waals surface area contributed by atoms with Crippen LogP contribution in [0.15, 0.2) is 0 Å². The summed E-state index contributed by atoms with van der Waals surface area (Å²) >= 11 is 0. The van der Waals surface area contributed by atoms with Crippen molar-refractivity contribution >= 4 is 0 Å². The molecule has 0 heterocycles. The quantitative estimate of drug-likeness (QED) is 0.642. The zero-order valence-corrected chi connectivity index (χ0v) is 9.08. The van der Waals surface area contributed by atoms with E-state index in [9.17, 15) is 26.3 Å². The molecule has 0 saturated carbocycles. The van der Waals surface area contributed by atoms with Gasteiger partial charge in [0, 0.05) is 11.1 Å². The molecule has 0 saturated heterocycles. The van der Waals surface area contributed by atoms with E-state index in [1.165, 1.54) is 0 Å². The molecule has 0 fully saturated rings. The van der Waals surface area contributed by atoms with Crippen molar-refractivity contribution in [2.24, 2.45) is 5.73 Å². The number of alkyl halides is 3. The first-order valence-electron chi connectivity index (χ1n) is 4.73. The molecule has 2 nitrogen and oxygen atoms in total. The average Bonchev–Trinajstić information content (AvgIpc) is 2.24. The highest BCUT2D eigenvalue weighted by atomic mass is 19.4. The molecule has 0 aliphatic heterocycles. The highest BCUT2D eigenvalue weighted by Crippen LogP contribution is 2.38. The third-order valence-corrected chi connectivity index (χ3v) is 2.44. The van der Waals surface area contributed by atoms with Crippen molar-refractivity contribution in [2.45, 2.75) is 19.1 Å². The highest BCUT2D eigenvalue weighted by molar-refractivity contribution is 5.39. The zero-order valence-electron chi connectivity index (χ0n) is 9.08. The summed E-state index contributed by atoms with van der Waals surface area (Å²) in [5.41, 5.74) is 0.913. The summed E-state index contributed by atoms with van der Waals surface area (Å²) in [6.45, 7) is -0.271. The largest absolute Gasteiger partial charge is 0.419 e. The van der Waals surface area contributed by atoms with Crippen LogP contribution in [-0.4, -0.2) is 11.7 Å². The van der Waals surface area contributed by atoms with E-state index in [0.717, 1.165) is 0 Å². The van der Waals surface area contributed by atoms with Gasteiger partial charge < -0.3 is 10.8 Å². The minimum absolute atomic E-state index is 0.661. The Kier molecular flexibility index (Phi) is 3.92. The van der Waals surface area contributed by atoms with E-state index in [1.54, 1.807) is 0 Å². The van der Waals surface area contributed by atoms with E-state index in [1.807, 2.05) is 0 Å². The van der Waals surface area contributed by atoms with Gasteiger partial charge in [0.2, 0.25) is 0 Å². The van der Waals surface area contributed by atoms with E-state index >= 15 is 0 Å². The molecule has 18 heavy (non-hydrogen) atoms. The highest BCUT2D eigenvalue weighted by Gasteiger charge is 2.40. The van der Waals surface area contributed by atoms with Gasteiger partial charge >= 0.3 is 6.18 Å². The minimum atomic E-state index is -5.22. The van der Waals surface area contributed by atoms with Crippen molar-refractivity contribution in [3.05, 3.63) is 34.1 Å². The molecule has 0 radical (unpaired) electrons. The van der Waals surface area contributed by atoms with Gasteiger partial charge in [-0.2, -0.15) is 13.2 Å². The van der Waals surface area contributed by atoms with E-state index < -0.39 is 53.0 Å². The van der Waals surface area contributed by atoms with Crippen LogP contribution in [0, 0.1) is 24.4 Å². The number of hydrogen-bond acceptors (Lipinski definition) is 2. The number of benzene rings is 1. The maximum absolute atomic E-state index is 13.6. The van der Waals surface area contributed by atoms with Crippen LogP contribution in [0.25, 0.3) is 0 Å². The molecule has 3 N–H and O–H groups in total. The lowest BCUT2D eigenvalue weighted by Crippen LogP contribution is -2.23. The van der Waals surface area contributed by atoms with Crippen LogP contribution in [0.5, 0.6) is 0 Å². The first-order valence-corrected chi connectivity index (χ1v) is 4.73. The van der Waals surface area contributed by atoms with Crippen molar-refractivity contribution in [3.8, 4) is 0 Å². The molecule has 0 aliphatic carbocycles. The summed E-state index contributed by atoms with van der Waals surface area (Å²) in [5, 5.41) is 8.65. The molecule has 1 aromatic carbocycles. The molecule has 0 unspecified atom stereocenters. The predicted octanol–water partition coefficient (Wildman–Crippen LogP) is 2.42. The fourth-order valence-corrected chi connectivity index (χ4v) is 1.55. The van der Waals surface area contributed by atoms with E-state index in [-0.39, 0.29) is 0 Å². The minimum Gasteiger partial charge on any atom is -0.394 e. The Morgan fingerprint density at radius 2 is 1.61 bits per heavy atom. The molecule has 0 aliphatic rings. The van der Waals surface area contributed by atoms with Gasteiger partial charge in [-0.05, 0) is 6.92 Å². The van der Waals surface area contributed by atoms with Crippen molar-refractivity contribution in [1.29, 1.82) is 0 Å². The van der Waals surface area contributed by atoms with E-state index in [0.29, 0.717) is 6.92 Å². The van der Waals surface area contributed by atoms with Crippen molar-refractivity contribution in [2.75, 3.05) is 6.61 Å².